The molecule has 0 aliphatic carbocycles. The van der Waals surface area contributed by atoms with Gasteiger partial charge in [0.1, 0.15) is 11.6 Å². The van der Waals surface area contributed by atoms with Gasteiger partial charge in [0.2, 0.25) is 0 Å². The second kappa shape index (κ2) is 6.54. The maximum atomic E-state index is 13.1. The summed E-state index contributed by atoms with van der Waals surface area (Å²) in [6.07, 6.45) is 1.30. The maximum absolute atomic E-state index is 13.1. The van der Waals surface area contributed by atoms with Crippen LogP contribution in [-0.4, -0.2) is 17.2 Å². The Hall–Kier alpha value is -1.46. The third kappa shape index (κ3) is 3.41. The fraction of sp³-hybridized carbons (Fsp3) is 0.312. The molecule has 0 saturated heterocycles. The van der Waals surface area contributed by atoms with Crippen LogP contribution in [0.5, 0.6) is 5.75 Å². The van der Waals surface area contributed by atoms with Crippen LogP contribution in [0.15, 0.2) is 28.9 Å². The number of rotatable bonds is 4. The molecule has 1 N–H and O–H groups in total. The van der Waals surface area contributed by atoms with Crippen molar-refractivity contribution in [3.05, 3.63) is 57.1 Å². The van der Waals surface area contributed by atoms with Gasteiger partial charge in [-0.25, -0.2) is 4.39 Å². The number of benzene rings is 1. The maximum Gasteiger partial charge on any atom is 0.128 e. The van der Waals surface area contributed by atoms with E-state index in [1.807, 2.05) is 13.8 Å². The molecule has 2 rings (SSSR count). The average Bonchev–Trinajstić information content (AvgIpc) is 2.42. The third-order valence-electron chi connectivity index (χ3n) is 3.46. The molecule has 21 heavy (non-hydrogen) atoms. The molecular formula is C16H17BrFNO2. The Balaban J connectivity index is 2.29. The summed E-state index contributed by atoms with van der Waals surface area (Å²) < 4.78 is 19.0. The molecule has 0 amide bonds. The van der Waals surface area contributed by atoms with Gasteiger partial charge in [0.25, 0.3) is 0 Å². The summed E-state index contributed by atoms with van der Waals surface area (Å²) in [5, 5.41) is 10.4. The van der Waals surface area contributed by atoms with Gasteiger partial charge in [-0.3, -0.25) is 4.98 Å². The summed E-state index contributed by atoms with van der Waals surface area (Å²) in [6, 6.07) is 4.25. The zero-order chi connectivity index (χ0) is 15.6. The van der Waals surface area contributed by atoms with Crippen LogP contribution in [0.2, 0.25) is 0 Å². The second-order valence-electron chi connectivity index (χ2n) is 4.93. The molecule has 112 valence electrons. The zero-order valence-corrected chi connectivity index (χ0v) is 13.7. The van der Waals surface area contributed by atoms with Crippen LogP contribution < -0.4 is 4.74 Å². The molecule has 1 aromatic carbocycles. The number of aryl methyl sites for hydroxylation is 1. The van der Waals surface area contributed by atoms with Gasteiger partial charge in [0, 0.05) is 33.9 Å². The summed E-state index contributed by atoms with van der Waals surface area (Å²) >= 11 is 3.27. The highest BCUT2D eigenvalue weighted by molar-refractivity contribution is 9.10. The van der Waals surface area contributed by atoms with Gasteiger partial charge in [-0.15, -0.1) is 0 Å². The molecule has 0 saturated carbocycles. The Kier molecular flexibility index (Phi) is 4.96. The first-order valence-electron chi connectivity index (χ1n) is 6.56. The van der Waals surface area contributed by atoms with E-state index in [0.717, 1.165) is 22.6 Å². The minimum atomic E-state index is -0.765. The number of nitrogens with zero attached hydrogens (tertiary/aromatic N) is 1. The fourth-order valence-electron chi connectivity index (χ4n) is 2.34. The van der Waals surface area contributed by atoms with E-state index in [2.05, 4.69) is 20.9 Å². The number of methoxy groups -OCH3 is 1. The monoisotopic (exact) mass is 353 g/mol. The molecule has 1 unspecified atom stereocenters. The van der Waals surface area contributed by atoms with E-state index in [1.165, 1.54) is 12.1 Å². The molecule has 0 aliphatic rings. The lowest BCUT2D eigenvalue weighted by Gasteiger charge is -2.16. The minimum Gasteiger partial charge on any atom is -0.496 e. The van der Waals surface area contributed by atoms with Crippen molar-refractivity contribution >= 4 is 15.9 Å². The molecule has 0 aliphatic heterocycles. The van der Waals surface area contributed by atoms with Crippen molar-refractivity contribution in [2.45, 2.75) is 26.4 Å². The van der Waals surface area contributed by atoms with Gasteiger partial charge >= 0.3 is 0 Å². The Bertz CT molecular complexity index is 661. The van der Waals surface area contributed by atoms with Gasteiger partial charge in [0.05, 0.1) is 13.2 Å². The predicted molar refractivity (Wildman–Crippen MR) is 83.0 cm³/mol. The summed E-state index contributed by atoms with van der Waals surface area (Å²) in [5.74, 6) is 0.439. The van der Waals surface area contributed by atoms with Crippen LogP contribution in [0, 0.1) is 19.7 Å². The lowest BCUT2D eigenvalue weighted by atomic mass is 10.0. The average molecular weight is 354 g/mol. The Morgan fingerprint density at radius 2 is 2.10 bits per heavy atom. The Morgan fingerprint density at radius 3 is 2.71 bits per heavy atom. The molecule has 0 bridgehead atoms. The summed E-state index contributed by atoms with van der Waals surface area (Å²) in [4.78, 5) is 4.37. The summed E-state index contributed by atoms with van der Waals surface area (Å²) in [7, 11) is 1.62. The fourth-order valence-corrected chi connectivity index (χ4v) is 2.96. The highest BCUT2D eigenvalue weighted by Gasteiger charge is 2.17. The number of hydrogen-bond donors (Lipinski definition) is 1. The molecule has 0 fully saturated rings. The van der Waals surface area contributed by atoms with Crippen LogP contribution in [0.4, 0.5) is 4.39 Å². The number of aromatic nitrogens is 1. The normalized spacial score (nSPS) is 12.3. The molecular weight excluding hydrogens is 337 g/mol. The molecule has 0 radical (unpaired) electrons. The van der Waals surface area contributed by atoms with E-state index in [4.69, 9.17) is 4.74 Å². The van der Waals surface area contributed by atoms with Crippen LogP contribution in [0.25, 0.3) is 0 Å². The first-order valence-corrected chi connectivity index (χ1v) is 7.35. The Morgan fingerprint density at radius 1 is 1.38 bits per heavy atom. The van der Waals surface area contributed by atoms with E-state index < -0.39 is 6.10 Å². The third-order valence-corrected chi connectivity index (χ3v) is 4.14. The second-order valence-corrected chi connectivity index (χ2v) is 5.79. The molecule has 3 nitrogen and oxygen atoms in total. The lowest BCUT2D eigenvalue weighted by Crippen LogP contribution is -2.07. The minimum absolute atomic E-state index is 0.340. The molecule has 0 spiro atoms. The number of aliphatic hydroxyl groups excluding tert-OH is 1. The van der Waals surface area contributed by atoms with E-state index in [0.29, 0.717) is 16.5 Å². The molecule has 2 aromatic rings. The number of aliphatic hydroxyl groups is 1. The molecule has 1 heterocycles. The molecule has 1 aromatic heterocycles. The van der Waals surface area contributed by atoms with Crippen molar-refractivity contribution in [3.8, 4) is 5.75 Å². The first-order chi connectivity index (χ1) is 9.93. The molecule has 5 heteroatoms. The van der Waals surface area contributed by atoms with Crippen molar-refractivity contribution in [2.24, 2.45) is 0 Å². The lowest BCUT2D eigenvalue weighted by molar-refractivity contribution is 0.176. The van der Waals surface area contributed by atoms with Crippen LogP contribution >= 0.6 is 15.9 Å². The first kappa shape index (κ1) is 15.9. The van der Waals surface area contributed by atoms with Gasteiger partial charge in [-0.1, -0.05) is 22.0 Å². The Labute approximate surface area is 131 Å². The van der Waals surface area contributed by atoms with Crippen LogP contribution in [0.1, 0.15) is 28.5 Å². The van der Waals surface area contributed by atoms with Gasteiger partial charge in [0.15, 0.2) is 0 Å². The summed E-state index contributed by atoms with van der Waals surface area (Å²) in [5.41, 5.74) is 3.27. The molecule has 1 atom stereocenters. The number of halogens is 2. The van der Waals surface area contributed by atoms with E-state index >= 15 is 0 Å². The highest BCUT2D eigenvalue weighted by Crippen LogP contribution is 2.30. The van der Waals surface area contributed by atoms with E-state index in [-0.39, 0.29) is 5.82 Å². The van der Waals surface area contributed by atoms with E-state index in [1.54, 1.807) is 19.4 Å². The van der Waals surface area contributed by atoms with Crippen molar-refractivity contribution in [3.63, 3.8) is 0 Å². The van der Waals surface area contributed by atoms with Crippen molar-refractivity contribution in [2.75, 3.05) is 7.11 Å². The van der Waals surface area contributed by atoms with Crippen LogP contribution in [-0.2, 0) is 6.42 Å². The number of pyridine rings is 1. The van der Waals surface area contributed by atoms with Crippen molar-refractivity contribution < 1.29 is 14.2 Å². The van der Waals surface area contributed by atoms with E-state index in [9.17, 15) is 9.50 Å². The standard InChI is InChI=1S/C16H17BrFNO2/c1-9-8-19-14(10(2)16(9)21-3)7-15(20)12-5-4-11(18)6-13(12)17/h4-6,8,15,20H,7H2,1-3H3. The van der Waals surface area contributed by atoms with Crippen molar-refractivity contribution in [1.82, 2.24) is 4.98 Å². The smallest absolute Gasteiger partial charge is 0.128 e. The van der Waals surface area contributed by atoms with Gasteiger partial charge in [-0.05, 0) is 31.5 Å². The summed E-state index contributed by atoms with van der Waals surface area (Å²) in [6.45, 7) is 3.84. The highest BCUT2D eigenvalue weighted by atomic mass is 79.9. The van der Waals surface area contributed by atoms with Crippen molar-refractivity contribution in [1.29, 1.82) is 0 Å². The number of hydrogen-bond acceptors (Lipinski definition) is 3. The van der Waals surface area contributed by atoms with Crippen LogP contribution in [0.3, 0.4) is 0 Å². The quantitative estimate of drug-likeness (QED) is 0.906. The topological polar surface area (TPSA) is 42.4 Å². The zero-order valence-electron chi connectivity index (χ0n) is 12.2. The SMILES string of the molecule is COc1c(C)cnc(CC(O)c2ccc(F)cc2Br)c1C. The number of ether oxygens (including phenoxy) is 1. The predicted octanol–water partition coefficient (Wildman–Crippen LogP) is 3.88. The van der Waals surface area contributed by atoms with Gasteiger partial charge in [-0.2, -0.15) is 0 Å². The van der Waals surface area contributed by atoms with Gasteiger partial charge < -0.3 is 9.84 Å². The largest absolute Gasteiger partial charge is 0.496 e.